The summed E-state index contributed by atoms with van der Waals surface area (Å²) < 4.78 is 96.0. The number of hydrogen-bond donors (Lipinski definition) is 2. The van der Waals surface area contributed by atoms with Crippen molar-refractivity contribution in [2.24, 2.45) is 17.3 Å². The van der Waals surface area contributed by atoms with Crippen LogP contribution in [-0.2, 0) is 37.6 Å². The van der Waals surface area contributed by atoms with Gasteiger partial charge in [0.05, 0.1) is 23.7 Å². The van der Waals surface area contributed by atoms with Gasteiger partial charge in [-0.05, 0) is 5.41 Å². The maximum Gasteiger partial charge on any atom is 1.00 e. The Hall–Kier alpha value is -0.760. The third-order valence-corrected chi connectivity index (χ3v) is 5.77. The number of carbonyl (C=O) groups is 1. The predicted octanol–water partition coefficient (Wildman–Crippen LogP) is -0.972. The van der Waals surface area contributed by atoms with Crippen LogP contribution in [0.4, 0.5) is 17.6 Å². The number of carbonyl (C=O) groups excluding carboxylic acids is 1. The first kappa shape index (κ1) is 26.3. The Bertz CT molecular complexity index is 884. The molecule has 2 rings (SSSR count). The van der Waals surface area contributed by atoms with E-state index in [-0.39, 0.29) is 31.0 Å². The SMILES string of the molecule is COCc1c(F)c(F)c(COC(=O)C2C(C(O)S(=O)(=O)O)C2(C)C)c(F)c1F.[H-].[Na+]. The van der Waals surface area contributed by atoms with Crippen LogP contribution in [0.25, 0.3) is 0 Å². The van der Waals surface area contributed by atoms with Crippen LogP contribution in [0.3, 0.4) is 0 Å². The van der Waals surface area contributed by atoms with Crippen LogP contribution in [0.2, 0.25) is 0 Å². The van der Waals surface area contributed by atoms with E-state index in [0.29, 0.717) is 0 Å². The maximum absolute atomic E-state index is 14.0. The molecule has 0 heterocycles. The third-order valence-electron chi connectivity index (χ3n) is 4.87. The number of ether oxygens (including phenoxy) is 2. The van der Waals surface area contributed by atoms with Gasteiger partial charge in [0.15, 0.2) is 28.7 Å². The van der Waals surface area contributed by atoms with E-state index in [0.717, 1.165) is 7.11 Å². The second-order valence-corrected chi connectivity index (χ2v) is 8.50. The summed E-state index contributed by atoms with van der Waals surface area (Å²) in [7, 11) is -3.79. The van der Waals surface area contributed by atoms with Gasteiger partial charge in [0.1, 0.15) is 6.61 Å². The van der Waals surface area contributed by atoms with E-state index >= 15 is 0 Å². The van der Waals surface area contributed by atoms with E-state index in [1.54, 1.807) is 0 Å². The largest absolute Gasteiger partial charge is 1.00 e. The Balaban J connectivity index is 0.00000420. The van der Waals surface area contributed by atoms with Gasteiger partial charge in [-0.3, -0.25) is 9.35 Å². The molecule has 1 aromatic rings. The first-order valence-corrected chi connectivity index (χ1v) is 9.40. The van der Waals surface area contributed by atoms with E-state index in [4.69, 9.17) is 4.55 Å². The number of halogens is 4. The van der Waals surface area contributed by atoms with Crippen LogP contribution in [0, 0.1) is 40.5 Å². The minimum atomic E-state index is -4.86. The number of aliphatic hydroxyl groups is 1. The summed E-state index contributed by atoms with van der Waals surface area (Å²) in [6.45, 7) is 0.909. The molecule has 1 saturated carbocycles. The summed E-state index contributed by atoms with van der Waals surface area (Å²) in [5, 5.41) is 9.63. The number of hydrogen-bond acceptors (Lipinski definition) is 6. The van der Waals surface area contributed by atoms with Crippen molar-refractivity contribution in [2.45, 2.75) is 32.5 Å². The zero-order valence-electron chi connectivity index (χ0n) is 17.0. The molecule has 160 valence electrons. The first-order chi connectivity index (χ1) is 12.8. The standard InChI is InChI=1S/C16H18F4O7S.Na.H/c1-16(2)8(9(16)15(22)28(23,24)25)14(21)27-5-7-12(19)10(17)6(4-26-3)11(18)13(7)20;;/h8-9,15,22H,4-5H2,1-3H3,(H,23,24,25);;/q;+1;-1. The topological polar surface area (TPSA) is 110 Å². The molecular formula is C16H19F4NaO7S. The molecule has 7 nitrogen and oxygen atoms in total. The van der Waals surface area contributed by atoms with Gasteiger partial charge in [-0.1, -0.05) is 13.8 Å². The molecule has 0 aromatic heterocycles. The van der Waals surface area contributed by atoms with Crippen LogP contribution in [-0.4, -0.2) is 36.6 Å². The van der Waals surface area contributed by atoms with Crippen molar-refractivity contribution in [3.63, 3.8) is 0 Å². The number of esters is 1. The Morgan fingerprint density at radius 2 is 1.52 bits per heavy atom. The fraction of sp³-hybridized carbons (Fsp3) is 0.562. The summed E-state index contributed by atoms with van der Waals surface area (Å²) in [5.74, 6) is -10.5. The molecule has 13 heteroatoms. The molecule has 2 N–H and O–H groups in total. The van der Waals surface area contributed by atoms with Crippen LogP contribution in [0.5, 0.6) is 0 Å². The van der Waals surface area contributed by atoms with E-state index < -0.39 is 86.4 Å². The van der Waals surface area contributed by atoms with Crippen LogP contribution >= 0.6 is 0 Å². The number of aliphatic hydroxyl groups excluding tert-OH is 1. The molecule has 0 aliphatic heterocycles. The number of rotatable bonds is 7. The van der Waals surface area contributed by atoms with E-state index in [1.807, 2.05) is 0 Å². The van der Waals surface area contributed by atoms with Crippen molar-refractivity contribution in [2.75, 3.05) is 7.11 Å². The van der Waals surface area contributed by atoms with Gasteiger partial charge in [0.25, 0.3) is 10.1 Å². The smallest absolute Gasteiger partial charge is 1.00 e. The second-order valence-electron chi connectivity index (χ2n) is 6.98. The molecule has 0 radical (unpaired) electrons. The van der Waals surface area contributed by atoms with E-state index in [2.05, 4.69) is 9.47 Å². The van der Waals surface area contributed by atoms with Crippen molar-refractivity contribution in [1.82, 2.24) is 0 Å². The summed E-state index contributed by atoms with van der Waals surface area (Å²) in [5.41, 5.74) is -5.51. The van der Waals surface area contributed by atoms with Gasteiger partial charge in [0.2, 0.25) is 0 Å². The Morgan fingerprint density at radius 1 is 1.10 bits per heavy atom. The maximum atomic E-state index is 14.0. The van der Waals surface area contributed by atoms with E-state index in [9.17, 15) is 35.9 Å². The molecule has 3 unspecified atom stereocenters. The summed E-state index contributed by atoms with van der Waals surface area (Å²) in [6.07, 6.45) is 0. The van der Waals surface area contributed by atoms with Gasteiger partial charge in [-0.2, -0.15) is 8.42 Å². The quantitative estimate of drug-likeness (QED) is 0.179. The molecule has 1 aromatic carbocycles. The minimum Gasteiger partial charge on any atom is -1.00 e. The van der Waals surface area contributed by atoms with Gasteiger partial charge in [0, 0.05) is 13.0 Å². The molecule has 0 bridgehead atoms. The molecule has 0 spiro atoms. The van der Waals surface area contributed by atoms with Crippen LogP contribution in [0.1, 0.15) is 26.4 Å². The van der Waals surface area contributed by atoms with Gasteiger partial charge in [-0.15, -0.1) is 0 Å². The van der Waals surface area contributed by atoms with Crippen LogP contribution < -0.4 is 29.6 Å². The minimum absolute atomic E-state index is 0. The molecule has 0 amide bonds. The Labute approximate surface area is 187 Å². The molecule has 1 aliphatic rings. The fourth-order valence-electron chi connectivity index (χ4n) is 3.20. The normalized spacial score (nSPS) is 21.3. The van der Waals surface area contributed by atoms with Crippen molar-refractivity contribution < 1.29 is 80.9 Å². The van der Waals surface area contributed by atoms with Crippen molar-refractivity contribution in [3.8, 4) is 0 Å². The van der Waals surface area contributed by atoms with Gasteiger partial charge in [-0.25, -0.2) is 17.6 Å². The molecule has 1 aliphatic carbocycles. The first-order valence-electron chi connectivity index (χ1n) is 7.90. The average Bonchev–Trinajstić information content (AvgIpc) is 3.17. The second kappa shape index (κ2) is 9.16. The average molecular weight is 454 g/mol. The molecule has 3 atom stereocenters. The van der Waals surface area contributed by atoms with E-state index in [1.165, 1.54) is 13.8 Å². The monoisotopic (exact) mass is 454 g/mol. The van der Waals surface area contributed by atoms with Crippen molar-refractivity contribution >= 4 is 16.1 Å². The molecule has 0 saturated heterocycles. The number of methoxy groups -OCH3 is 1. The Morgan fingerprint density at radius 3 is 1.90 bits per heavy atom. The van der Waals surface area contributed by atoms with Crippen molar-refractivity contribution in [1.29, 1.82) is 0 Å². The molecule has 29 heavy (non-hydrogen) atoms. The fourth-order valence-corrected chi connectivity index (χ4v) is 4.08. The van der Waals surface area contributed by atoms with Gasteiger partial charge >= 0.3 is 35.5 Å². The third kappa shape index (κ3) is 4.94. The summed E-state index contributed by atoms with van der Waals surface area (Å²) in [6, 6.07) is 0. The molecule has 1 fully saturated rings. The zero-order valence-corrected chi connectivity index (χ0v) is 18.8. The summed E-state index contributed by atoms with van der Waals surface area (Å²) in [4.78, 5) is 12.1. The molecular weight excluding hydrogens is 435 g/mol. The van der Waals surface area contributed by atoms with Crippen molar-refractivity contribution in [3.05, 3.63) is 34.4 Å². The summed E-state index contributed by atoms with van der Waals surface area (Å²) >= 11 is 0. The van der Waals surface area contributed by atoms with Gasteiger partial charge < -0.3 is 16.0 Å². The zero-order chi connectivity index (χ0) is 21.6. The Kier molecular flexibility index (Phi) is 8.30. The van der Waals surface area contributed by atoms with Crippen LogP contribution in [0.15, 0.2) is 0 Å². The number of benzene rings is 1. The predicted molar refractivity (Wildman–Crippen MR) is 86.2 cm³/mol.